The third kappa shape index (κ3) is 2.23. The fourth-order valence-corrected chi connectivity index (χ4v) is 1.98. The SMILES string of the molecule is [2H]C([2H])([2H])c1ccc(-c2cc(C)c(C([2H])([2H])[2H])cc2C)[n+](C)c1. The van der Waals surface area contributed by atoms with Crippen molar-refractivity contribution in [2.45, 2.75) is 27.6 Å². The van der Waals surface area contributed by atoms with Gasteiger partial charge in [-0.1, -0.05) is 6.07 Å². The van der Waals surface area contributed by atoms with Crippen molar-refractivity contribution in [3.8, 4) is 11.3 Å². The summed E-state index contributed by atoms with van der Waals surface area (Å²) in [6.45, 7) is -0.643. The highest BCUT2D eigenvalue weighted by Gasteiger charge is 2.13. The molecule has 2 aromatic rings. The lowest BCUT2D eigenvalue weighted by Crippen LogP contribution is -2.31. The number of hydrogen-bond acceptors (Lipinski definition) is 0. The zero-order chi connectivity index (χ0) is 17.6. The molecular formula is C16H20N+. The Balaban J connectivity index is 2.58. The van der Waals surface area contributed by atoms with Crippen LogP contribution in [0.2, 0.25) is 0 Å². The van der Waals surface area contributed by atoms with E-state index in [1.54, 1.807) is 42.9 Å². The standard InChI is InChI=1S/C16H20N/c1-11-6-7-16(17(5)10-11)15-9-13(3)12(2)8-14(15)4/h6-10H,1-5H3/q+1/i1D3,2D3. The summed E-state index contributed by atoms with van der Waals surface area (Å²) in [6, 6.07) is 6.89. The number of pyridine rings is 1. The van der Waals surface area contributed by atoms with E-state index in [1.807, 2.05) is 13.0 Å². The van der Waals surface area contributed by atoms with Crippen LogP contribution in [0.1, 0.15) is 30.5 Å². The molecule has 0 atom stereocenters. The highest BCUT2D eigenvalue weighted by molar-refractivity contribution is 5.63. The molecule has 2 rings (SSSR count). The first kappa shape index (κ1) is 6.34. The average molecular weight is 232 g/mol. The second-order valence-electron chi connectivity index (χ2n) is 4.40. The summed E-state index contributed by atoms with van der Waals surface area (Å²) in [5, 5.41) is 0. The van der Waals surface area contributed by atoms with E-state index in [0.717, 1.165) is 16.8 Å². The zero-order valence-corrected chi connectivity index (χ0v) is 10.3. The van der Waals surface area contributed by atoms with E-state index in [0.29, 0.717) is 11.1 Å². The van der Waals surface area contributed by atoms with Gasteiger partial charge in [0.1, 0.15) is 7.05 Å². The minimum Gasteiger partial charge on any atom is -0.201 e. The molecule has 0 saturated heterocycles. The molecule has 0 unspecified atom stereocenters. The molecule has 1 heteroatoms. The summed E-state index contributed by atoms with van der Waals surface area (Å²) in [5.74, 6) is 0. The van der Waals surface area contributed by atoms with E-state index < -0.39 is 13.7 Å². The van der Waals surface area contributed by atoms with Gasteiger partial charge in [0.15, 0.2) is 6.20 Å². The van der Waals surface area contributed by atoms with Crippen LogP contribution in [0.4, 0.5) is 0 Å². The van der Waals surface area contributed by atoms with Crippen molar-refractivity contribution in [2.75, 3.05) is 0 Å². The molecule has 1 heterocycles. The summed E-state index contributed by atoms with van der Waals surface area (Å²) in [4.78, 5) is 0. The second kappa shape index (κ2) is 4.33. The first-order chi connectivity index (χ1) is 10.4. The van der Waals surface area contributed by atoms with Gasteiger partial charge in [-0.2, -0.15) is 0 Å². The molecule has 0 N–H and O–H groups in total. The predicted molar refractivity (Wildman–Crippen MR) is 72.0 cm³/mol. The normalized spacial score (nSPS) is 17.4. The van der Waals surface area contributed by atoms with E-state index in [1.165, 1.54) is 0 Å². The Morgan fingerprint density at radius 1 is 1.00 bits per heavy atom. The van der Waals surface area contributed by atoms with Crippen LogP contribution in [0.25, 0.3) is 11.3 Å². The Bertz CT molecular complexity index is 743. The van der Waals surface area contributed by atoms with Crippen molar-refractivity contribution in [1.82, 2.24) is 0 Å². The molecule has 0 aliphatic heterocycles. The maximum absolute atomic E-state index is 7.59. The maximum atomic E-state index is 7.59. The summed E-state index contributed by atoms with van der Waals surface area (Å²) >= 11 is 0. The molecule has 0 bridgehead atoms. The molecule has 0 aliphatic carbocycles. The van der Waals surface area contributed by atoms with Crippen molar-refractivity contribution < 1.29 is 12.8 Å². The van der Waals surface area contributed by atoms with Crippen LogP contribution in [0, 0.1) is 27.6 Å². The summed E-state index contributed by atoms with van der Waals surface area (Å²) in [5.41, 5.74) is 3.91. The van der Waals surface area contributed by atoms with Crippen LogP contribution in [0.5, 0.6) is 0 Å². The van der Waals surface area contributed by atoms with E-state index >= 15 is 0 Å². The Hall–Kier alpha value is -1.63. The van der Waals surface area contributed by atoms with Gasteiger partial charge in [-0.3, -0.25) is 0 Å². The first-order valence-corrected chi connectivity index (χ1v) is 5.53. The second-order valence-corrected chi connectivity index (χ2v) is 4.40. The number of rotatable bonds is 1. The molecule has 1 nitrogen and oxygen atoms in total. The van der Waals surface area contributed by atoms with Crippen molar-refractivity contribution in [1.29, 1.82) is 0 Å². The van der Waals surface area contributed by atoms with E-state index in [4.69, 9.17) is 8.22 Å². The van der Waals surface area contributed by atoms with Gasteiger partial charge in [-0.05, 0) is 56.4 Å². The van der Waals surface area contributed by atoms with Gasteiger partial charge in [-0.15, -0.1) is 0 Å². The third-order valence-electron chi connectivity index (χ3n) is 2.98. The molecule has 0 fully saturated rings. The van der Waals surface area contributed by atoms with Gasteiger partial charge in [-0.25, -0.2) is 4.57 Å². The molecule has 17 heavy (non-hydrogen) atoms. The molecule has 0 radical (unpaired) electrons. The predicted octanol–water partition coefficient (Wildman–Crippen LogP) is 3.41. The fraction of sp³-hybridized carbons (Fsp3) is 0.312. The lowest BCUT2D eigenvalue weighted by Gasteiger charge is -2.08. The van der Waals surface area contributed by atoms with Crippen LogP contribution in [-0.4, -0.2) is 0 Å². The number of aryl methyl sites for hydroxylation is 5. The topological polar surface area (TPSA) is 3.88 Å². The maximum Gasteiger partial charge on any atom is 0.212 e. The first-order valence-electron chi connectivity index (χ1n) is 8.53. The highest BCUT2D eigenvalue weighted by Crippen LogP contribution is 2.23. The zero-order valence-electron chi connectivity index (χ0n) is 16.3. The highest BCUT2D eigenvalue weighted by atomic mass is 14.9. The molecule has 0 spiro atoms. The van der Waals surface area contributed by atoms with Gasteiger partial charge in [0.2, 0.25) is 5.69 Å². The van der Waals surface area contributed by atoms with Gasteiger partial charge in [0.25, 0.3) is 0 Å². The molecule has 1 aromatic heterocycles. The minimum absolute atomic E-state index is 0.275. The van der Waals surface area contributed by atoms with E-state index in [2.05, 4.69) is 0 Å². The van der Waals surface area contributed by atoms with Gasteiger partial charge >= 0.3 is 0 Å². The molecule has 0 aliphatic rings. The summed E-state index contributed by atoms with van der Waals surface area (Å²) < 4.78 is 47.0. The summed E-state index contributed by atoms with van der Waals surface area (Å²) in [6.07, 6.45) is 1.59. The Kier molecular flexibility index (Phi) is 1.61. The van der Waals surface area contributed by atoms with Crippen molar-refractivity contribution in [2.24, 2.45) is 7.05 Å². The molecule has 1 aromatic carbocycles. The number of nitrogens with zero attached hydrogens (tertiary/aromatic N) is 1. The van der Waals surface area contributed by atoms with Crippen molar-refractivity contribution >= 4 is 0 Å². The molecular weight excluding hydrogens is 206 g/mol. The smallest absolute Gasteiger partial charge is 0.201 e. The van der Waals surface area contributed by atoms with Crippen LogP contribution in [0.3, 0.4) is 0 Å². The van der Waals surface area contributed by atoms with Gasteiger partial charge < -0.3 is 0 Å². The van der Waals surface area contributed by atoms with Crippen LogP contribution >= 0.6 is 0 Å². The largest absolute Gasteiger partial charge is 0.212 e. The van der Waals surface area contributed by atoms with E-state index in [-0.39, 0.29) is 5.56 Å². The summed E-state index contributed by atoms with van der Waals surface area (Å²) in [7, 11) is 1.79. The van der Waals surface area contributed by atoms with Gasteiger partial charge in [0, 0.05) is 25.4 Å². The lowest BCUT2D eigenvalue weighted by molar-refractivity contribution is -0.660. The minimum atomic E-state index is -2.15. The quantitative estimate of drug-likeness (QED) is 0.663. The van der Waals surface area contributed by atoms with Gasteiger partial charge in [0.05, 0.1) is 0 Å². The molecule has 0 saturated carbocycles. The van der Waals surface area contributed by atoms with Crippen molar-refractivity contribution in [3.63, 3.8) is 0 Å². The van der Waals surface area contributed by atoms with Crippen LogP contribution in [0.15, 0.2) is 30.5 Å². The third-order valence-corrected chi connectivity index (χ3v) is 2.98. The van der Waals surface area contributed by atoms with Crippen LogP contribution < -0.4 is 4.57 Å². The van der Waals surface area contributed by atoms with Crippen molar-refractivity contribution in [3.05, 3.63) is 52.7 Å². The average Bonchev–Trinajstić information content (AvgIpc) is 2.39. The Morgan fingerprint density at radius 3 is 2.47 bits per heavy atom. The number of hydrogen-bond donors (Lipinski definition) is 0. The van der Waals surface area contributed by atoms with Crippen LogP contribution in [-0.2, 0) is 7.05 Å². The monoisotopic (exact) mass is 232 g/mol. The Morgan fingerprint density at radius 2 is 1.82 bits per heavy atom. The molecule has 88 valence electrons. The molecule has 0 amide bonds. The number of benzene rings is 1. The number of aromatic nitrogens is 1. The lowest BCUT2D eigenvalue weighted by atomic mass is 9.98. The fourth-order valence-electron chi connectivity index (χ4n) is 1.98. The Labute approximate surface area is 112 Å². The van der Waals surface area contributed by atoms with E-state index in [9.17, 15) is 0 Å².